The van der Waals surface area contributed by atoms with Gasteiger partial charge in [-0.2, -0.15) is 0 Å². The van der Waals surface area contributed by atoms with Crippen LogP contribution in [0.3, 0.4) is 0 Å². The van der Waals surface area contributed by atoms with Crippen molar-refractivity contribution in [3.05, 3.63) is 71.8 Å². The second-order valence-corrected chi connectivity index (χ2v) is 8.13. The van der Waals surface area contributed by atoms with Crippen LogP contribution in [0.2, 0.25) is 0 Å². The second kappa shape index (κ2) is 12.6. The Balaban J connectivity index is 1.50. The Hall–Kier alpha value is -2.25. The third kappa shape index (κ3) is 7.43. The maximum absolute atomic E-state index is 12.2. The molecule has 6 heteroatoms. The summed E-state index contributed by atoms with van der Waals surface area (Å²) in [5.41, 5.74) is 2.02. The van der Waals surface area contributed by atoms with Crippen LogP contribution in [0, 0.1) is 0 Å². The molecule has 1 fully saturated rings. The molecular formula is C25H35N3O3. The number of hydrogen-bond donors (Lipinski definition) is 1. The van der Waals surface area contributed by atoms with E-state index in [1.165, 1.54) is 5.56 Å². The lowest BCUT2D eigenvalue weighted by molar-refractivity contribution is -0.0674. The van der Waals surface area contributed by atoms with Crippen molar-refractivity contribution >= 4 is 5.91 Å². The fourth-order valence-corrected chi connectivity index (χ4v) is 4.06. The van der Waals surface area contributed by atoms with Crippen molar-refractivity contribution in [3.63, 3.8) is 0 Å². The molecule has 1 heterocycles. The lowest BCUT2D eigenvalue weighted by Crippen LogP contribution is -2.37. The molecular weight excluding hydrogens is 390 g/mol. The molecule has 1 N–H and O–H groups in total. The van der Waals surface area contributed by atoms with Crippen LogP contribution < -0.4 is 5.32 Å². The van der Waals surface area contributed by atoms with Crippen molar-refractivity contribution in [2.45, 2.75) is 25.0 Å². The number of nitrogens with one attached hydrogen (secondary N) is 1. The topological polar surface area (TPSA) is 54.0 Å². The summed E-state index contributed by atoms with van der Waals surface area (Å²) in [6.45, 7) is 4.87. The number of carbonyl (C=O) groups excluding carboxylic acids is 1. The van der Waals surface area contributed by atoms with Gasteiger partial charge in [0, 0.05) is 51.4 Å². The van der Waals surface area contributed by atoms with Gasteiger partial charge in [-0.3, -0.25) is 14.6 Å². The van der Waals surface area contributed by atoms with Gasteiger partial charge in [-0.1, -0.05) is 48.5 Å². The van der Waals surface area contributed by atoms with E-state index in [1.807, 2.05) is 30.3 Å². The number of amides is 1. The first-order valence-electron chi connectivity index (χ1n) is 11.1. The Kier molecular flexibility index (Phi) is 9.49. The summed E-state index contributed by atoms with van der Waals surface area (Å²) in [4.78, 5) is 17.1. The van der Waals surface area contributed by atoms with Gasteiger partial charge in [0.1, 0.15) is 6.79 Å². The van der Waals surface area contributed by atoms with Crippen LogP contribution in [0.25, 0.3) is 0 Å². The molecule has 0 aliphatic carbocycles. The lowest BCUT2D eigenvalue weighted by atomic mass is 10.0. The Morgan fingerprint density at radius 1 is 1.16 bits per heavy atom. The molecule has 0 unspecified atom stereocenters. The quantitative estimate of drug-likeness (QED) is 0.418. The normalized spacial score (nSPS) is 17.7. The first-order chi connectivity index (χ1) is 15.2. The first-order valence-corrected chi connectivity index (χ1v) is 11.1. The van der Waals surface area contributed by atoms with E-state index in [1.54, 1.807) is 7.11 Å². The van der Waals surface area contributed by atoms with Gasteiger partial charge in [-0.15, -0.1) is 0 Å². The molecule has 0 aromatic heterocycles. The van der Waals surface area contributed by atoms with E-state index in [9.17, 15) is 4.79 Å². The standard InChI is InChI=1S/C25H35N3O3/c1-27(16-9-15-26-25(29)22-12-7-4-8-13-22)24(21-10-5-3-6-11-21)19-28-17-14-23(18-28)31-20-30-2/h3-8,10-13,23-24H,9,14-20H2,1-2H3,(H,26,29)/t23-,24+/m0/s1. The van der Waals surface area contributed by atoms with Crippen LogP contribution in [-0.2, 0) is 9.47 Å². The Morgan fingerprint density at radius 3 is 2.58 bits per heavy atom. The molecule has 1 aliphatic heterocycles. The summed E-state index contributed by atoms with van der Waals surface area (Å²) in [6, 6.07) is 20.3. The Morgan fingerprint density at radius 2 is 1.87 bits per heavy atom. The highest BCUT2D eigenvalue weighted by molar-refractivity contribution is 5.94. The molecule has 0 bridgehead atoms. The van der Waals surface area contributed by atoms with E-state index >= 15 is 0 Å². The number of carbonyl (C=O) groups is 1. The summed E-state index contributed by atoms with van der Waals surface area (Å²) < 4.78 is 10.8. The predicted molar refractivity (Wildman–Crippen MR) is 123 cm³/mol. The molecule has 6 nitrogen and oxygen atoms in total. The van der Waals surface area contributed by atoms with Crippen molar-refractivity contribution < 1.29 is 14.3 Å². The summed E-state index contributed by atoms with van der Waals surface area (Å²) in [5, 5.41) is 3.03. The number of hydrogen-bond acceptors (Lipinski definition) is 5. The van der Waals surface area contributed by atoms with Crippen LogP contribution in [0.15, 0.2) is 60.7 Å². The molecule has 3 rings (SSSR count). The maximum atomic E-state index is 12.2. The molecule has 0 radical (unpaired) electrons. The number of nitrogens with zero attached hydrogens (tertiary/aromatic N) is 2. The SMILES string of the molecule is COCO[C@H]1CCN(C[C@H](c2ccccc2)N(C)CCCNC(=O)c2ccccc2)C1. The maximum Gasteiger partial charge on any atom is 0.251 e. The van der Waals surface area contributed by atoms with E-state index in [-0.39, 0.29) is 12.0 Å². The molecule has 2 aromatic carbocycles. The van der Waals surface area contributed by atoms with Gasteiger partial charge in [-0.25, -0.2) is 0 Å². The number of likely N-dealkylation sites (tertiary alicyclic amines) is 1. The van der Waals surface area contributed by atoms with E-state index in [4.69, 9.17) is 9.47 Å². The third-order valence-corrected chi connectivity index (χ3v) is 5.81. The van der Waals surface area contributed by atoms with Gasteiger partial charge in [0.15, 0.2) is 0 Å². The van der Waals surface area contributed by atoms with E-state index < -0.39 is 0 Å². The highest BCUT2D eigenvalue weighted by Gasteiger charge is 2.27. The highest BCUT2D eigenvalue weighted by atomic mass is 16.7. The monoisotopic (exact) mass is 425 g/mol. The van der Waals surface area contributed by atoms with Crippen molar-refractivity contribution in [3.8, 4) is 0 Å². The second-order valence-electron chi connectivity index (χ2n) is 8.13. The summed E-state index contributed by atoms with van der Waals surface area (Å²) in [5.74, 6) is -0.0120. The zero-order valence-electron chi connectivity index (χ0n) is 18.7. The average Bonchev–Trinajstić information content (AvgIpc) is 3.27. The van der Waals surface area contributed by atoms with Crippen molar-refractivity contribution in [1.29, 1.82) is 0 Å². The fourth-order valence-electron chi connectivity index (χ4n) is 4.06. The van der Waals surface area contributed by atoms with Crippen LogP contribution in [-0.4, -0.2) is 75.5 Å². The first kappa shape index (κ1) is 23.4. The largest absolute Gasteiger partial charge is 0.359 e. The Labute approximate surface area is 186 Å². The smallest absolute Gasteiger partial charge is 0.251 e. The molecule has 2 aromatic rings. The molecule has 2 atom stereocenters. The van der Waals surface area contributed by atoms with Gasteiger partial charge < -0.3 is 14.8 Å². The summed E-state index contributed by atoms with van der Waals surface area (Å²) in [6.07, 6.45) is 2.19. The van der Waals surface area contributed by atoms with E-state index in [0.29, 0.717) is 24.9 Å². The number of benzene rings is 2. The zero-order chi connectivity index (χ0) is 21.9. The number of methoxy groups -OCH3 is 1. The molecule has 31 heavy (non-hydrogen) atoms. The average molecular weight is 426 g/mol. The minimum atomic E-state index is -0.0120. The van der Waals surface area contributed by atoms with Gasteiger partial charge in [0.2, 0.25) is 0 Å². The van der Waals surface area contributed by atoms with Crippen LogP contribution in [0.4, 0.5) is 0 Å². The van der Waals surface area contributed by atoms with Crippen molar-refractivity contribution in [1.82, 2.24) is 15.1 Å². The molecule has 168 valence electrons. The third-order valence-electron chi connectivity index (χ3n) is 5.81. The van der Waals surface area contributed by atoms with E-state index in [0.717, 1.165) is 39.0 Å². The van der Waals surface area contributed by atoms with E-state index in [2.05, 4.69) is 52.5 Å². The molecule has 1 saturated heterocycles. The molecule has 1 aliphatic rings. The van der Waals surface area contributed by atoms with Gasteiger partial charge in [0.05, 0.1) is 6.10 Å². The van der Waals surface area contributed by atoms with Gasteiger partial charge in [0.25, 0.3) is 5.91 Å². The highest BCUT2D eigenvalue weighted by Crippen LogP contribution is 2.23. The lowest BCUT2D eigenvalue weighted by Gasteiger charge is -2.32. The molecule has 0 spiro atoms. The number of likely N-dealkylation sites (N-methyl/N-ethyl adjacent to an activating group) is 1. The number of ether oxygens (including phenoxy) is 2. The van der Waals surface area contributed by atoms with Crippen LogP contribution >= 0.6 is 0 Å². The van der Waals surface area contributed by atoms with Gasteiger partial charge in [-0.05, 0) is 37.6 Å². The summed E-state index contributed by atoms with van der Waals surface area (Å²) >= 11 is 0. The Bertz CT molecular complexity index is 772. The van der Waals surface area contributed by atoms with Crippen LogP contribution in [0.1, 0.15) is 34.8 Å². The predicted octanol–water partition coefficient (Wildman–Crippen LogP) is 3.17. The van der Waals surface area contributed by atoms with Gasteiger partial charge >= 0.3 is 0 Å². The zero-order valence-corrected chi connectivity index (χ0v) is 18.7. The number of rotatable bonds is 12. The minimum Gasteiger partial charge on any atom is -0.359 e. The molecule has 1 amide bonds. The minimum absolute atomic E-state index is 0.0120. The van der Waals surface area contributed by atoms with Crippen LogP contribution in [0.5, 0.6) is 0 Å². The summed E-state index contributed by atoms with van der Waals surface area (Å²) in [7, 11) is 3.83. The fraction of sp³-hybridized carbons (Fsp3) is 0.480. The molecule has 0 saturated carbocycles. The van der Waals surface area contributed by atoms with Crippen molar-refractivity contribution in [2.75, 3.05) is 53.7 Å². The van der Waals surface area contributed by atoms with Crippen molar-refractivity contribution in [2.24, 2.45) is 0 Å².